The predicted octanol–water partition coefficient (Wildman–Crippen LogP) is 3.18. The third-order valence-electron chi connectivity index (χ3n) is 2.13. The molecule has 2 aromatic rings. The summed E-state index contributed by atoms with van der Waals surface area (Å²) in [5, 5.41) is 9.95. The van der Waals surface area contributed by atoms with Crippen LogP contribution in [-0.2, 0) is 6.42 Å². The molecule has 4 heteroatoms. The molecule has 1 heterocycles. The first-order chi connectivity index (χ1) is 7.25. The molecule has 0 saturated heterocycles. The third kappa shape index (κ3) is 2.87. The van der Waals surface area contributed by atoms with Gasteiger partial charge in [0.2, 0.25) is 0 Å². The largest absolute Gasteiger partial charge is 0.388 e. The summed E-state index contributed by atoms with van der Waals surface area (Å²) in [5.74, 6) is 0. The van der Waals surface area contributed by atoms with Crippen LogP contribution in [0.15, 0.2) is 40.4 Å². The van der Waals surface area contributed by atoms with Crippen molar-refractivity contribution >= 4 is 27.3 Å². The highest BCUT2D eigenvalue weighted by molar-refractivity contribution is 9.10. The zero-order valence-electron chi connectivity index (χ0n) is 7.93. The molecule has 1 aromatic carbocycles. The van der Waals surface area contributed by atoms with E-state index in [1.165, 1.54) is 0 Å². The molecule has 0 amide bonds. The molecule has 0 saturated carbocycles. The first-order valence-electron chi connectivity index (χ1n) is 4.56. The Morgan fingerprint density at radius 3 is 2.67 bits per heavy atom. The van der Waals surface area contributed by atoms with E-state index in [1.54, 1.807) is 23.0 Å². The van der Waals surface area contributed by atoms with Crippen molar-refractivity contribution in [1.29, 1.82) is 0 Å². The van der Waals surface area contributed by atoms with Crippen molar-refractivity contribution in [2.45, 2.75) is 12.5 Å². The van der Waals surface area contributed by atoms with Crippen molar-refractivity contribution in [3.63, 3.8) is 0 Å². The van der Waals surface area contributed by atoms with Crippen LogP contribution in [0.4, 0.5) is 0 Å². The van der Waals surface area contributed by atoms with E-state index in [2.05, 4.69) is 20.9 Å². The first-order valence-corrected chi connectivity index (χ1v) is 6.24. The van der Waals surface area contributed by atoms with Crippen molar-refractivity contribution in [2.75, 3.05) is 0 Å². The quantitative estimate of drug-likeness (QED) is 0.939. The number of nitrogens with zero attached hydrogens (tertiary/aromatic N) is 1. The van der Waals surface area contributed by atoms with Gasteiger partial charge in [0.05, 0.1) is 11.6 Å². The monoisotopic (exact) mass is 283 g/mol. The number of thiazole rings is 1. The summed E-state index contributed by atoms with van der Waals surface area (Å²) in [7, 11) is 0. The standard InChI is InChI=1S/C11H10BrNOS/c12-9-3-1-8(2-4-9)11(14)5-10-6-13-7-15-10/h1-4,6-7,11,14H,5H2. The summed E-state index contributed by atoms with van der Waals surface area (Å²) in [5.41, 5.74) is 2.72. The second-order valence-electron chi connectivity index (χ2n) is 3.24. The maximum absolute atomic E-state index is 9.95. The van der Waals surface area contributed by atoms with E-state index in [1.807, 2.05) is 24.3 Å². The van der Waals surface area contributed by atoms with E-state index >= 15 is 0 Å². The average molecular weight is 284 g/mol. The van der Waals surface area contributed by atoms with Gasteiger partial charge in [-0.15, -0.1) is 11.3 Å². The summed E-state index contributed by atoms with van der Waals surface area (Å²) in [4.78, 5) is 5.09. The Bertz CT molecular complexity index is 413. The topological polar surface area (TPSA) is 33.1 Å². The molecule has 0 bridgehead atoms. The summed E-state index contributed by atoms with van der Waals surface area (Å²) in [6.07, 6.45) is 1.98. The molecule has 2 nitrogen and oxygen atoms in total. The second kappa shape index (κ2) is 4.88. The van der Waals surface area contributed by atoms with Gasteiger partial charge in [0.15, 0.2) is 0 Å². The smallest absolute Gasteiger partial charge is 0.0838 e. The minimum atomic E-state index is -0.446. The number of halogens is 1. The van der Waals surface area contributed by atoms with Gasteiger partial charge < -0.3 is 5.11 Å². The third-order valence-corrected chi connectivity index (χ3v) is 3.46. The lowest BCUT2D eigenvalue weighted by atomic mass is 10.1. The van der Waals surface area contributed by atoms with E-state index in [4.69, 9.17) is 0 Å². The SMILES string of the molecule is OC(Cc1cncs1)c1ccc(Br)cc1. The maximum Gasteiger partial charge on any atom is 0.0838 e. The molecule has 1 N–H and O–H groups in total. The summed E-state index contributed by atoms with van der Waals surface area (Å²) in [6, 6.07) is 7.72. The fourth-order valence-corrected chi connectivity index (χ4v) is 2.23. The Balaban J connectivity index is 2.08. The van der Waals surface area contributed by atoms with Gasteiger partial charge in [-0.25, -0.2) is 0 Å². The Morgan fingerprint density at radius 2 is 2.07 bits per heavy atom. The van der Waals surface area contributed by atoms with Crippen LogP contribution in [0.25, 0.3) is 0 Å². The summed E-state index contributed by atoms with van der Waals surface area (Å²) in [6.45, 7) is 0. The van der Waals surface area contributed by atoms with Crippen LogP contribution in [0.3, 0.4) is 0 Å². The van der Waals surface area contributed by atoms with Crippen LogP contribution < -0.4 is 0 Å². The van der Waals surface area contributed by atoms with Gasteiger partial charge >= 0.3 is 0 Å². The lowest BCUT2D eigenvalue weighted by molar-refractivity contribution is 0.179. The van der Waals surface area contributed by atoms with Crippen LogP contribution in [-0.4, -0.2) is 10.1 Å². The number of rotatable bonds is 3. The number of aliphatic hydroxyl groups excluding tert-OH is 1. The van der Waals surface area contributed by atoms with Crippen molar-refractivity contribution in [1.82, 2.24) is 4.98 Å². The van der Waals surface area contributed by atoms with Crippen molar-refractivity contribution in [3.8, 4) is 0 Å². The van der Waals surface area contributed by atoms with E-state index in [0.29, 0.717) is 6.42 Å². The normalized spacial score (nSPS) is 12.7. The zero-order chi connectivity index (χ0) is 10.7. The molecule has 0 spiro atoms. The number of aliphatic hydroxyl groups is 1. The molecule has 1 unspecified atom stereocenters. The van der Waals surface area contributed by atoms with Crippen LogP contribution in [0.5, 0.6) is 0 Å². The van der Waals surface area contributed by atoms with Gasteiger partial charge in [-0.2, -0.15) is 0 Å². The fraction of sp³-hybridized carbons (Fsp3) is 0.182. The molecule has 0 aliphatic rings. The number of hydrogen-bond acceptors (Lipinski definition) is 3. The van der Waals surface area contributed by atoms with E-state index in [-0.39, 0.29) is 0 Å². The highest BCUT2D eigenvalue weighted by Crippen LogP contribution is 2.21. The van der Waals surface area contributed by atoms with Gasteiger partial charge in [0.25, 0.3) is 0 Å². The molecule has 1 atom stereocenters. The molecule has 1 aromatic heterocycles. The molecule has 2 rings (SSSR count). The minimum Gasteiger partial charge on any atom is -0.388 e. The minimum absolute atomic E-state index is 0.446. The Hall–Kier alpha value is -0.710. The molecule has 0 aliphatic carbocycles. The molecule has 78 valence electrons. The number of hydrogen-bond donors (Lipinski definition) is 1. The number of aromatic nitrogens is 1. The molecular formula is C11H10BrNOS. The van der Waals surface area contributed by atoms with Gasteiger partial charge in [-0.3, -0.25) is 4.98 Å². The molecular weight excluding hydrogens is 274 g/mol. The van der Waals surface area contributed by atoms with E-state index in [0.717, 1.165) is 14.9 Å². The molecule has 0 fully saturated rings. The fourth-order valence-electron chi connectivity index (χ4n) is 1.34. The highest BCUT2D eigenvalue weighted by atomic mass is 79.9. The van der Waals surface area contributed by atoms with Crippen LogP contribution in [0.2, 0.25) is 0 Å². The highest BCUT2D eigenvalue weighted by Gasteiger charge is 2.09. The first kappa shape index (κ1) is 10.8. The van der Waals surface area contributed by atoms with Gasteiger partial charge in [0.1, 0.15) is 0 Å². The lowest BCUT2D eigenvalue weighted by Gasteiger charge is -2.09. The Labute approximate surface area is 101 Å². The van der Waals surface area contributed by atoms with E-state index in [9.17, 15) is 5.11 Å². The number of benzene rings is 1. The second-order valence-corrected chi connectivity index (χ2v) is 5.13. The molecule has 0 aliphatic heterocycles. The summed E-state index contributed by atoms with van der Waals surface area (Å²) < 4.78 is 1.02. The van der Waals surface area contributed by atoms with Crippen LogP contribution >= 0.6 is 27.3 Å². The Morgan fingerprint density at radius 1 is 1.33 bits per heavy atom. The Kier molecular flexibility index (Phi) is 3.51. The molecule has 15 heavy (non-hydrogen) atoms. The van der Waals surface area contributed by atoms with E-state index < -0.39 is 6.10 Å². The van der Waals surface area contributed by atoms with Gasteiger partial charge in [-0.05, 0) is 17.7 Å². The summed E-state index contributed by atoms with van der Waals surface area (Å²) >= 11 is 4.93. The molecule has 0 radical (unpaired) electrons. The predicted molar refractivity (Wildman–Crippen MR) is 64.9 cm³/mol. The van der Waals surface area contributed by atoms with Crippen molar-refractivity contribution in [2.24, 2.45) is 0 Å². The maximum atomic E-state index is 9.95. The van der Waals surface area contributed by atoms with Gasteiger partial charge in [-0.1, -0.05) is 28.1 Å². The van der Waals surface area contributed by atoms with Crippen molar-refractivity contribution < 1.29 is 5.11 Å². The van der Waals surface area contributed by atoms with Crippen LogP contribution in [0.1, 0.15) is 16.5 Å². The van der Waals surface area contributed by atoms with Gasteiger partial charge in [0, 0.05) is 22.0 Å². The van der Waals surface area contributed by atoms with Crippen molar-refractivity contribution in [3.05, 3.63) is 50.9 Å². The lowest BCUT2D eigenvalue weighted by Crippen LogP contribution is -1.99. The average Bonchev–Trinajstić information content (AvgIpc) is 2.71. The zero-order valence-corrected chi connectivity index (χ0v) is 10.3. The van der Waals surface area contributed by atoms with Crippen LogP contribution in [0, 0.1) is 0 Å².